The number of aromatic nitrogens is 1. The van der Waals surface area contributed by atoms with E-state index in [0.717, 1.165) is 41.7 Å². The van der Waals surface area contributed by atoms with Crippen molar-refractivity contribution in [2.75, 3.05) is 26.2 Å². The third-order valence-corrected chi connectivity index (χ3v) is 5.46. The summed E-state index contributed by atoms with van der Waals surface area (Å²) < 4.78 is 0. The summed E-state index contributed by atoms with van der Waals surface area (Å²) in [5.41, 5.74) is 2.56. The maximum atomic E-state index is 12.8. The van der Waals surface area contributed by atoms with Crippen molar-refractivity contribution >= 4 is 28.3 Å². The lowest BCUT2D eigenvalue weighted by Crippen LogP contribution is -2.37. The Kier molecular flexibility index (Phi) is 5.46. The Labute approximate surface area is 164 Å². The maximum absolute atomic E-state index is 12.8. The van der Waals surface area contributed by atoms with Gasteiger partial charge in [0.1, 0.15) is 5.69 Å². The molecule has 1 saturated heterocycles. The van der Waals surface area contributed by atoms with Crippen molar-refractivity contribution in [3.63, 3.8) is 0 Å². The van der Waals surface area contributed by atoms with Gasteiger partial charge in [0.15, 0.2) is 0 Å². The predicted molar refractivity (Wildman–Crippen MR) is 111 cm³/mol. The van der Waals surface area contributed by atoms with E-state index in [9.17, 15) is 4.79 Å². The zero-order valence-electron chi connectivity index (χ0n) is 15.3. The standard InChI is InChI=1S/C22H24ClN3O/c23-17-9-10-18-19(15-17)20(16-7-3-1-4-8-16)25-21(18)22(27)24-11-14-26-12-5-2-6-13-26/h1,3-4,7-10,15,25H,2,5-6,11-14H2,(H,24,27). The van der Waals surface area contributed by atoms with Crippen LogP contribution in [-0.2, 0) is 0 Å². The van der Waals surface area contributed by atoms with Crippen LogP contribution >= 0.6 is 11.6 Å². The lowest BCUT2D eigenvalue weighted by molar-refractivity contribution is 0.0944. The van der Waals surface area contributed by atoms with Crippen molar-refractivity contribution < 1.29 is 4.79 Å². The van der Waals surface area contributed by atoms with Crippen molar-refractivity contribution in [2.24, 2.45) is 0 Å². The van der Waals surface area contributed by atoms with Gasteiger partial charge in [0.25, 0.3) is 5.91 Å². The van der Waals surface area contributed by atoms with E-state index in [-0.39, 0.29) is 5.91 Å². The van der Waals surface area contributed by atoms with Gasteiger partial charge >= 0.3 is 0 Å². The van der Waals surface area contributed by atoms with Crippen LogP contribution in [0.2, 0.25) is 5.02 Å². The van der Waals surface area contributed by atoms with E-state index >= 15 is 0 Å². The molecular weight excluding hydrogens is 358 g/mol. The molecule has 2 aromatic carbocycles. The Morgan fingerprint density at radius 3 is 2.59 bits per heavy atom. The highest BCUT2D eigenvalue weighted by Crippen LogP contribution is 2.32. The fourth-order valence-electron chi connectivity index (χ4n) is 3.81. The Hall–Kier alpha value is -2.30. The summed E-state index contributed by atoms with van der Waals surface area (Å²) in [6.45, 7) is 3.84. The summed E-state index contributed by atoms with van der Waals surface area (Å²) in [7, 11) is 0. The van der Waals surface area contributed by atoms with Crippen molar-refractivity contribution in [3.8, 4) is 11.3 Å². The van der Waals surface area contributed by atoms with E-state index < -0.39 is 0 Å². The van der Waals surface area contributed by atoms with Gasteiger partial charge in [-0.1, -0.05) is 54.4 Å². The molecule has 0 radical (unpaired) electrons. The number of carbonyl (C=O) groups excluding carboxylic acids is 1. The molecule has 2 N–H and O–H groups in total. The molecule has 140 valence electrons. The molecule has 2 heterocycles. The van der Waals surface area contributed by atoms with Crippen LogP contribution < -0.4 is 5.32 Å². The molecule has 5 heteroatoms. The van der Waals surface area contributed by atoms with E-state index in [1.54, 1.807) is 0 Å². The molecule has 4 rings (SSSR count). The molecular formula is C22H24ClN3O. The maximum Gasteiger partial charge on any atom is 0.268 e. The molecule has 0 spiro atoms. The van der Waals surface area contributed by atoms with Crippen LogP contribution in [0.5, 0.6) is 0 Å². The molecule has 0 saturated carbocycles. The molecule has 1 aromatic heterocycles. The molecule has 0 unspecified atom stereocenters. The molecule has 0 aliphatic carbocycles. The zero-order chi connectivity index (χ0) is 18.6. The number of hydrogen-bond acceptors (Lipinski definition) is 2. The average molecular weight is 382 g/mol. The number of nitrogens with one attached hydrogen (secondary N) is 2. The number of benzene rings is 2. The van der Waals surface area contributed by atoms with E-state index in [1.807, 2.05) is 48.5 Å². The number of likely N-dealkylation sites (tertiary alicyclic amines) is 1. The highest BCUT2D eigenvalue weighted by atomic mass is 35.5. The minimum atomic E-state index is -0.0680. The van der Waals surface area contributed by atoms with Crippen molar-refractivity contribution in [2.45, 2.75) is 19.3 Å². The van der Waals surface area contributed by atoms with Gasteiger partial charge in [-0.15, -0.1) is 0 Å². The van der Waals surface area contributed by atoms with Crippen LogP contribution in [0.4, 0.5) is 0 Å². The molecule has 1 aliphatic rings. The van der Waals surface area contributed by atoms with Crippen LogP contribution in [0.3, 0.4) is 0 Å². The van der Waals surface area contributed by atoms with Gasteiger partial charge in [-0.05, 0) is 43.6 Å². The van der Waals surface area contributed by atoms with Gasteiger partial charge in [-0.25, -0.2) is 0 Å². The number of hydrogen-bond donors (Lipinski definition) is 2. The summed E-state index contributed by atoms with van der Waals surface area (Å²) in [5.74, 6) is -0.0680. The second kappa shape index (κ2) is 8.15. The summed E-state index contributed by atoms with van der Waals surface area (Å²) in [4.78, 5) is 18.6. The van der Waals surface area contributed by atoms with Crippen LogP contribution in [0.15, 0.2) is 48.5 Å². The summed E-state index contributed by atoms with van der Waals surface area (Å²) in [6, 6.07) is 15.7. The first-order valence-corrected chi connectivity index (χ1v) is 9.97. The Morgan fingerprint density at radius 2 is 1.81 bits per heavy atom. The summed E-state index contributed by atoms with van der Waals surface area (Å²) >= 11 is 6.22. The number of H-pyrrole nitrogens is 1. The predicted octanol–water partition coefficient (Wildman–Crippen LogP) is 4.70. The van der Waals surface area contributed by atoms with Gasteiger partial charge in [0.05, 0.1) is 5.69 Å². The Balaban J connectivity index is 1.56. The molecule has 27 heavy (non-hydrogen) atoms. The lowest BCUT2D eigenvalue weighted by Gasteiger charge is -2.26. The monoisotopic (exact) mass is 381 g/mol. The topological polar surface area (TPSA) is 48.1 Å². The number of aromatic amines is 1. The number of nitrogens with zero attached hydrogens (tertiary/aromatic N) is 1. The van der Waals surface area contributed by atoms with E-state index in [1.165, 1.54) is 19.3 Å². The lowest BCUT2D eigenvalue weighted by atomic mass is 10.1. The second-order valence-electron chi connectivity index (χ2n) is 7.09. The van der Waals surface area contributed by atoms with Crippen molar-refractivity contribution in [1.82, 2.24) is 15.2 Å². The fourth-order valence-corrected chi connectivity index (χ4v) is 3.98. The molecule has 0 bridgehead atoms. The van der Waals surface area contributed by atoms with Crippen molar-refractivity contribution in [1.29, 1.82) is 0 Å². The quantitative estimate of drug-likeness (QED) is 0.672. The average Bonchev–Trinajstić information content (AvgIpc) is 3.08. The number of carbonyl (C=O) groups is 1. The first-order valence-electron chi connectivity index (χ1n) is 9.59. The molecule has 1 aliphatic heterocycles. The number of fused-ring (bicyclic) bond motifs is 1. The van der Waals surface area contributed by atoms with Crippen LogP contribution in [0.25, 0.3) is 22.0 Å². The minimum absolute atomic E-state index is 0.0680. The number of amides is 1. The molecule has 0 atom stereocenters. The Bertz CT molecular complexity index is 929. The van der Waals surface area contributed by atoms with Crippen LogP contribution in [0, 0.1) is 0 Å². The first-order chi connectivity index (χ1) is 13.2. The molecule has 1 amide bonds. The minimum Gasteiger partial charge on any atom is -0.350 e. The fraction of sp³-hybridized carbons (Fsp3) is 0.318. The van der Waals surface area contributed by atoms with Gasteiger partial charge in [-0.2, -0.15) is 0 Å². The normalized spacial score (nSPS) is 15.1. The second-order valence-corrected chi connectivity index (χ2v) is 7.53. The molecule has 3 aromatic rings. The highest BCUT2D eigenvalue weighted by molar-refractivity contribution is 6.31. The smallest absolute Gasteiger partial charge is 0.268 e. The zero-order valence-corrected chi connectivity index (χ0v) is 16.1. The third kappa shape index (κ3) is 4.02. The first kappa shape index (κ1) is 18.1. The van der Waals surface area contributed by atoms with Crippen LogP contribution in [0.1, 0.15) is 29.8 Å². The van der Waals surface area contributed by atoms with E-state index in [4.69, 9.17) is 11.6 Å². The number of halogens is 1. The number of piperidine rings is 1. The Morgan fingerprint density at radius 1 is 1.04 bits per heavy atom. The van der Waals surface area contributed by atoms with Gasteiger partial charge in [0.2, 0.25) is 0 Å². The van der Waals surface area contributed by atoms with E-state index in [0.29, 0.717) is 17.3 Å². The largest absolute Gasteiger partial charge is 0.350 e. The van der Waals surface area contributed by atoms with Gasteiger partial charge in [-0.3, -0.25) is 4.79 Å². The summed E-state index contributed by atoms with van der Waals surface area (Å²) in [6.07, 6.45) is 3.84. The van der Waals surface area contributed by atoms with Crippen molar-refractivity contribution in [3.05, 3.63) is 59.2 Å². The van der Waals surface area contributed by atoms with E-state index in [2.05, 4.69) is 15.2 Å². The van der Waals surface area contributed by atoms with Gasteiger partial charge in [0, 0.05) is 28.9 Å². The molecule has 4 nitrogen and oxygen atoms in total. The van der Waals surface area contributed by atoms with Crippen LogP contribution in [-0.4, -0.2) is 42.0 Å². The SMILES string of the molecule is O=C(NCCN1CCCCC1)c1[nH]c(-c2ccccc2)c2cc(Cl)ccc12. The highest BCUT2D eigenvalue weighted by Gasteiger charge is 2.18. The summed E-state index contributed by atoms with van der Waals surface area (Å²) in [5, 5.41) is 5.60. The number of rotatable bonds is 5. The third-order valence-electron chi connectivity index (χ3n) is 5.22. The molecule has 1 fully saturated rings. The van der Waals surface area contributed by atoms with Gasteiger partial charge < -0.3 is 15.2 Å².